The second-order valence-corrected chi connectivity index (χ2v) is 6.68. The number of benzene rings is 1. The van der Waals surface area contributed by atoms with Crippen molar-refractivity contribution in [3.8, 4) is 0 Å². The molecule has 0 bridgehead atoms. The standard InChI is InChI=1S/C12H17NO4S/c1-8-4-5-10(12(14)15)11(6-8)13-9(2)7-18(3,16)17/h4-6,9,13H,7H2,1-3H3,(H,14,15). The number of sulfone groups is 1. The average Bonchev–Trinajstić information content (AvgIpc) is 2.13. The molecule has 0 amide bonds. The molecule has 0 aliphatic carbocycles. The minimum Gasteiger partial charge on any atom is -0.478 e. The number of aromatic carboxylic acids is 1. The summed E-state index contributed by atoms with van der Waals surface area (Å²) >= 11 is 0. The van der Waals surface area contributed by atoms with Crippen LogP contribution in [0.4, 0.5) is 5.69 Å². The molecule has 5 nitrogen and oxygen atoms in total. The van der Waals surface area contributed by atoms with E-state index in [2.05, 4.69) is 5.32 Å². The predicted octanol–water partition coefficient (Wildman–Crippen LogP) is 1.54. The molecule has 0 saturated heterocycles. The average molecular weight is 271 g/mol. The third-order valence-electron chi connectivity index (χ3n) is 2.36. The smallest absolute Gasteiger partial charge is 0.337 e. The van der Waals surface area contributed by atoms with Gasteiger partial charge in [0, 0.05) is 18.0 Å². The Morgan fingerprint density at radius 2 is 2.06 bits per heavy atom. The van der Waals surface area contributed by atoms with Gasteiger partial charge in [0.15, 0.2) is 0 Å². The molecule has 1 aromatic carbocycles. The maximum atomic E-state index is 11.2. The molecule has 18 heavy (non-hydrogen) atoms. The molecule has 0 aliphatic heterocycles. The van der Waals surface area contributed by atoms with E-state index in [1.165, 1.54) is 6.07 Å². The summed E-state index contributed by atoms with van der Waals surface area (Å²) in [6.07, 6.45) is 1.15. The van der Waals surface area contributed by atoms with Gasteiger partial charge in [-0.25, -0.2) is 13.2 Å². The highest BCUT2D eigenvalue weighted by atomic mass is 32.2. The van der Waals surface area contributed by atoms with Crippen molar-refractivity contribution in [2.24, 2.45) is 0 Å². The summed E-state index contributed by atoms with van der Waals surface area (Å²) in [6, 6.07) is 4.56. The number of carboxylic acids is 1. The second kappa shape index (κ2) is 5.39. The normalized spacial score (nSPS) is 13.1. The first-order valence-corrected chi connectivity index (χ1v) is 7.53. The SMILES string of the molecule is Cc1ccc(C(=O)O)c(NC(C)CS(C)(=O)=O)c1. The van der Waals surface area contributed by atoms with E-state index in [-0.39, 0.29) is 17.4 Å². The monoisotopic (exact) mass is 271 g/mol. The maximum Gasteiger partial charge on any atom is 0.337 e. The predicted molar refractivity (Wildman–Crippen MR) is 70.9 cm³/mol. The number of nitrogens with one attached hydrogen (secondary N) is 1. The molecule has 0 heterocycles. The minimum atomic E-state index is -3.10. The van der Waals surface area contributed by atoms with E-state index in [4.69, 9.17) is 5.11 Å². The number of carbonyl (C=O) groups is 1. The van der Waals surface area contributed by atoms with Crippen LogP contribution < -0.4 is 5.32 Å². The molecule has 0 radical (unpaired) electrons. The maximum absolute atomic E-state index is 11.2. The molecule has 1 aromatic rings. The lowest BCUT2D eigenvalue weighted by molar-refractivity contribution is 0.0698. The van der Waals surface area contributed by atoms with Gasteiger partial charge in [-0.1, -0.05) is 6.07 Å². The Kier molecular flexibility index (Phi) is 4.34. The van der Waals surface area contributed by atoms with Gasteiger partial charge in [-0.2, -0.15) is 0 Å². The van der Waals surface area contributed by atoms with Crippen LogP contribution in [-0.4, -0.2) is 37.5 Å². The number of aryl methyl sites for hydroxylation is 1. The molecular formula is C12H17NO4S. The van der Waals surface area contributed by atoms with Gasteiger partial charge in [0.25, 0.3) is 0 Å². The fourth-order valence-corrected chi connectivity index (χ4v) is 2.72. The lowest BCUT2D eigenvalue weighted by Gasteiger charge is -2.16. The molecule has 1 rings (SSSR count). The van der Waals surface area contributed by atoms with Crippen LogP contribution in [-0.2, 0) is 9.84 Å². The van der Waals surface area contributed by atoms with E-state index >= 15 is 0 Å². The Morgan fingerprint density at radius 1 is 1.44 bits per heavy atom. The van der Waals surface area contributed by atoms with Gasteiger partial charge in [0.1, 0.15) is 9.84 Å². The lowest BCUT2D eigenvalue weighted by atomic mass is 10.1. The topological polar surface area (TPSA) is 83.5 Å². The van der Waals surface area contributed by atoms with Crippen LogP contribution in [0.1, 0.15) is 22.8 Å². The zero-order chi connectivity index (χ0) is 13.9. The summed E-state index contributed by atoms with van der Waals surface area (Å²) < 4.78 is 22.3. The Hall–Kier alpha value is -1.56. The van der Waals surface area contributed by atoms with E-state index in [1.807, 2.05) is 6.92 Å². The van der Waals surface area contributed by atoms with Gasteiger partial charge >= 0.3 is 5.97 Å². The van der Waals surface area contributed by atoms with Crippen molar-refractivity contribution in [1.82, 2.24) is 0 Å². The highest BCUT2D eigenvalue weighted by molar-refractivity contribution is 7.90. The van der Waals surface area contributed by atoms with Crippen LogP contribution in [0.2, 0.25) is 0 Å². The Morgan fingerprint density at radius 3 is 2.56 bits per heavy atom. The quantitative estimate of drug-likeness (QED) is 0.848. The zero-order valence-corrected chi connectivity index (χ0v) is 11.4. The molecule has 6 heteroatoms. The van der Waals surface area contributed by atoms with Crippen LogP contribution in [0.3, 0.4) is 0 Å². The highest BCUT2D eigenvalue weighted by Crippen LogP contribution is 2.18. The van der Waals surface area contributed by atoms with E-state index in [1.54, 1.807) is 19.1 Å². The number of rotatable bonds is 5. The van der Waals surface area contributed by atoms with Crippen molar-refractivity contribution in [2.75, 3.05) is 17.3 Å². The number of carboxylic acid groups (broad SMARTS) is 1. The Labute approximate surface area is 107 Å². The minimum absolute atomic E-state index is 0.0417. The Bertz CT molecular complexity index is 551. The first-order chi connectivity index (χ1) is 8.19. The van der Waals surface area contributed by atoms with Gasteiger partial charge in [0.05, 0.1) is 11.3 Å². The number of hydrogen-bond acceptors (Lipinski definition) is 4. The molecular weight excluding hydrogens is 254 g/mol. The van der Waals surface area contributed by atoms with Crippen LogP contribution in [0.5, 0.6) is 0 Å². The third-order valence-corrected chi connectivity index (χ3v) is 3.47. The van der Waals surface area contributed by atoms with Crippen molar-refractivity contribution >= 4 is 21.5 Å². The van der Waals surface area contributed by atoms with Crippen molar-refractivity contribution in [1.29, 1.82) is 0 Å². The summed E-state index contributed by atoms with van der Waals surface area (Å²) in [5.74, 6) is -1.08. The highest BCUT2D eigenvalue weighted by Gasteiger charge is 2.15. The first kappa shape index (κ1) is 14.5. The van der Waals surface area contributed by atoms with Crippen molar-refractivity contribution in [3.63, 3.8) is 0 Å². The van der Waals surface area contributed by atoms with Gasteiger partial charge in [-0.3, -0.25) is 0 Å². The summed E-state index contributed by atoms with van der Waals surface area (Å²) in [7, 11) is -3.10. The molecule has 0 saturated carbocycles. The summed E-state index contributed by atoms with van der Waals surface area (Å²) in [4.78, 5) is 11.0. The fraction of sp³-hybridized carbons (Fsp3) is 0.417. The molecule has 0 fully saturated rings. The van der Waals surface area contributed by atoms with Gasteiger partial charge in [-0.05, 0) is 31.5 Å². The molecule has 1 unspecified atom stereocenters. The summed E-state index contributed by atoms with van der Waals surface area (Å²) in [6.45, 7) is 3.55. The van der Waals surface area contributed by atoms with Crippen LogP contribution in [0.15, 0.2) is 18.2 Å². The zero-order valence-electron chi connectivity index (χ0n) is 10.6. The van der Waals surface area contributed by atoms with E-state index in [0.717, 1.165) is 11.8 Å². The van der Waals surface area contributed by atoms with Crippen molar-refractivity contribution in [2.45, 2.75) is 19.9 Å². The van der Waals surface area contributed by atoms with Crippen LogP contribution in [0.25, 0.3) is 0 Å². The molecule has 0 aromatic heterocycles. The molecule has 0 spiro atoms. The fourth-order valence-electron chi connectivity index (χ4n) is 1.73. The second-order valence-electron chi connectivity index (χ2n) is 4.49. The lowest BCUT2D eigenvalue weighted by Crippen LogP contribution is -2.26. The van der Waals surface area contributed by atoms with Gasteiger partial charge in [-0.15, -0.1) is 0 Å². The third kappa shape index (κ3) is 4.37. The van der Waals surface area contributed by atoms with Crippen LogP contribution >= 0.6 is 0 Å². The molecule has 0 aliphatic rings. The number of anilines is 1. The van der Waals surface area contributed by atoms with E-state index < -0.39 is 15.8 Å². The van der Waals surface area contributed by atoms with E-state index in [9.17, 15) is 13.2 Å². The molecule has 100 valence electrons. The summed E-state index contributed by atoms with van der Waals surface area (Å²) in [5.41, 5.74) is 1.49. The Balaban J connectivity index is 2.96. The van der Waals surface area contributed by atoms with Crippen molar-refractivity contribution in [3.05, 3.63) is 29.3 Å². The number of hydrogen-bond donors (Lipinski definition) is 2. The summed E-state index contributed by atoms with van der Waals surface area (Å²) in [5, 5.41) is 12.0. The van der Waals surface area contributed by atoms with Crippen LogP contribution in [0, 0.1) is 6.92 Å². The largest absolute Gasteiger partial charge is 0.478 e. The molecule has 2 N–H and O–H groups in total. The van der Waals surface area contributed by atoms with E-state index in [0.29, 0.717) is 5.69 Å². The first-order valence-electron chi connectivity index (χ1n) is 5.47. The van der Waals surface area contributed by atoms with Gasteiger partial charge < -0.3 is 10.4 Å². The van der Waals surface area contributed by atoms with Gasteiger partial charge in [0.2, 0.25) is 0 Å². The molecule has 1 atom stereocenters. The van der Waals surface area contributed by atoms with Crippen molar-refractivity contribution < 1.29 is 18.3 Å².